The van der Waals surface area contributed by atoms with E-state index < -0.39 is 0 Å². The molecular formula is C22H16N4O3S. The molecular weight excluding hydrogens is 400 g/mol. The topological polar surface area (TPSA) is 94.0 Å². The lowest BCUT2D eigenvalue weighted by molar-refractivity contribution is -0.116. The number of nitrogens with zero attached hydrogens (tertiary/aromatic N) is 3. The van der Waals surface area contributed by atoms with Gasteiger partial charge in [0.05, 0.1) is 4.88 Å². The summed E-state index contributed by atoms with van der Waals surface area (Å²) in [7, 11) is 0. The lowest BCUT2D eigenvalue weighted by Gasteiger charge is -2.04. The second kappa shape index (κ2) is 7.92. The van der Waals surface area contributed by atoms with Gasteiger partial charge in [0, 0.05) is 24.1 Å². The average Bonchev–Trinajstić information content (AvgIpc) is 3.53. The Morgan fingerprint density at radius 1 is 1.00 bits per heavy atom. The fourth-order valence-corrected chi connectivity index (χ4v) is 3.65. The first-order valence-electron chi connectivity index (χ1n) is 9.37. The minimum atomic E-state index is -0.125. The van der Waals surface area contributed by atoms with E-state index >= 15 is 0 Å². The fourth-order valence-electron chi connectivity index (χ4n) is 3.00. The molecule has 1 amide bonds. The lowest BCUT2D eigenvalue weighted by atomic mass is 10.2. The molecule has 5 rings (SSSR count). The number of aryl methyl sites for hydroxylation is 1. The van der Waals surface area contributed by atoms with Gasteiger partial charge >= 0.3 is 0 Å². The second-order valence-corrected chi connectivity index (χ2v) is 7.55. The predicted octanol–water partition coefficient (Wildman–Crippen LogP) is 5.18. The molecule has 0 aliphatic rings. The quantitative estimate of drug-likeness (QED) is 0.410. The molecule has 0 atom stereocenters. The van der Waals surface area contributed by atoms with Crippen molar-refractivity contribution < 1.29 is 13.7 Å². The highest BCUT2D eigenvalue weighted by Crippen LogP contribution is 2.25. The van der Waals surface area contributed by atoms with Gasteiger partial charge in [0.1, 0.15) is 5.52 Å². The van der Waals surface area contributed by atoms with Gasteiger partial charge in [-0.2, -0.15) is 4.98 Å². The van der Waals surface area contributed by atoms with Crippen LogP contribution in [0.1, 0.15) is 12.3 Å². The summed E-state index contributed by atoms with van der Waals surface area (Å²) < 4.78 is 11.0. The van der Waals surface area contributed by atoms with Gasteiger partial charge in [-0.05, 0) is 47.8 Å². The molecule has 30 heavy (non-hydrogen) atoms. The van der Waals surface area contributed by atoms with Crippen LogP contribution in [-0.2, 0) is 11.2 Å². The molecule has 0 bridgehead atoms. The lowest BCUT2D eigenvalue weighted by Crippen LogP contribution is -2.12. The summed E-state index contributed by atoms with van der Waals surface area (Å²) in [5, 5.41) is 8.78. The molecule has 0 saturated carbocycles. The van der Waals surface area contributed by atoms with Gasteiger partial charge in [0.15, 0.2) is 5.58 Å². The van der Waals surface area contributed by atoms with Crippen molar-refractivity contribution in [2.45, 2.75) is 12.8 Å². The first kappa shape index (κ1) is 18.3. The van der Waals surface area contributed by atoms with E-state index in [1.54, 1.807) is 11.3 Å². The monoisotopic (exact) mass is 416 g/mol. The van der Waals surface area contributed by atoms with Crippen LogP contribution in [0.3, 0.4) is 0 Å². The van der Waals surface area contributed by atoms with Crippen molar-refractivity contribution in [2.75, 3.05) is 5.32 Å². The number of carbonyl (C=O) groups excluding carboxylic acids is 1. The van der Waals surface area contributed by atoms with Crippen LogP contribution in [0.4, 0.5) is 5.69 Å². The van der Waals surface area contributed by atoms with Gasteiger partial charge < -0.3 is 14.3 Å². The number of benzene rings is 2. The molecule has 8 heteroatoms. The van der Waals surface area contributed by atoms with E-state index in [0.717, 1.165) is 21.5 Å². The van der Waals surface area contributed by atoms with E-state index in [0.29, 0.717) is 29.7 Å². The van der Waals surface area contributed by atoms with E-state index in [1.165, 1.54) is 0 Å². The summed E-state index contributed by atoms with van der Waals surface area (Å²) in [4.78, 5) is 22.0. The van der Waals surface area contributed by atoms with E-state index in [-0.39, 0.29) is 12.3 Å². The normalized spacial score (nSPS) is 11.1. The molecule has 1 N–H and O–H groups in total. The minimum Gasteiger partial charge on any atom is -0.436 e. The van der Waals surface area contributed by atoms with Crippen LogP contribution in [0.5, 0.6) is 0 Å². The highest BCUT2D eigenvalue weighted by atomic mass is 32.1. The molecule has 5 aromatic rings. The Kier molecular flexibility index (Phi) is 4.82. The Bertz CT molecular complexity index is 1260. The highest BCUT2D eigenvalue weighted by Gasteiger charge is 2.12. The van der Waals surface area contributed by atoms with Crippen molar-refractivity contribution in [3.63, 3.8) is 0 Å². The number of carbonyl (C=O) groups is 1. The zero-order valence-corrected chi connectivity index (χ0v) is 16.6. The van der Waals surface area contributed by atoms with Gasteiger partial charge in [-0.15, -0.1) is 11.3 Å². The molecule has 0 saturated heterocycles. The van der Waals surface area contributed by atoms with Crippen LogP contribution in [0.2, 0.25) is 0 Å². The molecule has 0 aliphatic heterocycles. The Hall–Kier alpha value is -3.78. The summed E-state index contributed by atoms with van der Waals surface area (Å²) in [5.41, 5.74) is 3.10. The molecule has 0 spiro atoms. The van der Waals surface area contributed by atoms with E-state index in [2.05, 4.69) is 20.4 Å². The molecule has 0 fully saturated rings. The van der Waals surface area contributed by atoms with Crippen LogP contribution in [0.25, 0.3) is 33.3 Å². The molecule has 0 aliphatic carbocycles. The summed E-state index contributed by atoms with van der Waals surface area (Å²) in [6.07, 6.45) is 0.629. The summed E-state index contributed by atoms with van der Waals surface area (Å²) >= 11 is 1.54. The Balaban J connectivity index is 1.19. The van der Waals surface area contributed by atoms with Crippen molar-refractivity contribution >= 4 is 34.0 Å². The van der Waals surface area contributed by atoms with Crippen molar-refractivity contribution in [1.29, 1.82) is 0 Å². The van der Waals surface area contributed by atoms with Gasteiger partial charge in [-0.3, -0.25) is 4.79 Å². The molecule has 3 aromatic heterocycles. The SMILES string of the molecule is O=C(CCc1nc(-c2cccs2)no1)Nc1ccc(-c2nc3ccccc3o2)cc1. The molecule has 0 radical (unpaired) electrons. The van der Waals surface area contributed by atoms with Crippen molar-refractivity contribution in [3.8, 4) is 22.2 Å². The third-order valence-electron chi connectivity index (χ3n) is 4.49. The third-order valence-corrected chi connectivity index (χ3v) is 5.35. The Morgan fingerprint density at radius 2 is 1.87 bits per heavy atom. The number of rotatable bonds is 6. The third kappa shape index (κ3) is 3.85. The first-order chi connectivity index (χ1) is 14.7. The zero-order chi connectivity index (χ0) is 20.3. The summed E-state index contributed by atoms with van der Waals surface area (Å²) in [6, 6.07) is 18.9. The number of hydrogen-bond donors (Lipinski definition) is 1. The number of oxazole rings is 1. The van der Waals surface area contributed by atoms with Crippen LogP contribution >= 0.6 is 11.3 Å². The number of anilines is 1. The minimum absolute atomic E-state index is 0.125. The molecule has 2 aromatic carbocycles. The number of fused-ring (bicyclic) bond motifs is 1. The Morgan fingerprint density at radius 3 is 2.67 bits per heavy atom. The first-order valence-corrected chi connectivity index (χ1v) is 10.2. The van der Waals surface area contributed by atoms with E-state index in [9.17, 15) is 4.79 Å². The van der Waals surface area contributed by atoms with Gasteiger partial charge in [-0.25, -0.2) is 4.98 Å². The molecule has 148 valence electrons. The van der Waals surface area contributed by atoms with Gasteiger partial charge in [-0.1, -0.05) is 23.4 Å². The number of aromatic nitrogens is 3. The fraction of sp³-hybridized carbons (Fsp3) is 0.0909. The number of thiophene rings is 1. The van der Waals surface area contributed by atoms with Crippen LogP contribution < -0.4 is 5.32 Å². The van der Waals surface area contributed by atoms with Gasteiger partial charge in [0.2, 0.25) is 23.5 Å². The number of para-hydroxylation sites is 2. The smallest absolute Gasteiger partial charge is 0.227 e. The van der Waals surface area contributed by atoms with Crippen LogP contribution in [-0.4, -0.2) is 21.0 Å². The number of nitrogens with one attached hydrogen (secondary N) is 1. The van der Waals surface area contributed by atoms with Crippen molar-refractivity contribution in [2.24, 2.45) is 0 Å². The maximum absolute atomic E-state index is 12.3. The zero-order valence-electron chi connectivity index (χ0n) is 15.7. The second-order valence-electron chi connectivity index (χ2n) is 6.60. The van der Waals surface area contributed by atoms with Crippen LogP contribution in [0.15, 0.2) is 75.0 Å². The van der Waals surface area contributed by atoms with Gasteiger partial charge in [0.25, 0.3) is 0 Å². The summed E-state index contributed by atoms with van der Waals surface area (Å²) in [6.45, 7) is 0. The maximum atomic E-state index is 12.3. The maximum Gasteiger partial charge on any atom is 0.227 e. The standard InChI is InChI=1S/C22H16N4O3S/c27-19(11-12-20-25-21(26-29-20)18-6-3-13-30-18)23-15-9-7-14(8-10-15)22-24-16-4-1-2-5-17(16)28-22/h1-10,13H,11-12H2,(H,23,27). The van der Waals surface area contributed by atoms with E-state index in [1.807, 2.05) is 66.0 Å². The predicted molar refractivity (Wildman–Crippen MR) is 114 cm³/mol. The largest absolute Gasteiger partial charge is 0.436 e. The molecule has 7 nitrogen and oxygen atoms in total. The average molecular weight is 416 g/mol. The molecule has 0 unspecified atom stereocenters. The molecule has 3 heterocycles. The highest BCUT2D eigenvalue weighted by molar-refractivity contribution is 7.13. The van der Waals surface area contributed by atoms with E-state index in [4.69, 9.17) is 8.94 Å². The van der Waals surface area contributed by atoms with Crippen molar-refractivity contribution in [3.05, 3.63) is 71.9 Å². The summed E-state index contributed by atoms with van der Waals surface area (Å²) in [5.74, 6) is 1.42. The number of hydrogen-bond acceptors (Lipinski definition) is 7. The number of amides is 1. The van der Waals surface area contributed by atoms with Crippen LogP contribution in [0, 0.1) is 0 Å². The Labute approximate surface area is 175 Å². The van der Waals surface area contributed by atoms with Crippen molar-refractivity contribution in [1.82, 2.24) is 15.1 Å².